The molecule has 0 saturated carbocycles. The maximum atomic E-state index is 10.6. The normalized spacial score (nSPS) is 12.8. The molecule has 0 radical (unpaired) electrons. The summed E-state index contributed by atoms with van der Waals surface area (Å²) >= 11 is 6.18. The molecule has 168 valence electrons. The number of fused-ring (bicyclic) bond motifs is 1. The number of aromatic nitrogens is 3. The summed E-state index contributed by atoms with van der Waals surface area (Å²) in [5, 5.41) is 18.3. The summed E-state index contributed by atoms with van der Waals surface area (Å²) in [6.45, 7) is 0.437. The smallest absolute Gasteiger partial charge is 0.341 e. The Kier molecular flexibility index (Phi) is 7.11. The molecule has 8 nitrogen and oxygen atoms in total. The minimum absolute atomic E-state index is 0.355. The molecule has 32 heavy (non-hydrogen) atoms. The van der Waals surface area contributed by atoms with Crippen LogP contribution in [0.25, 0.3) is 5.69 Å². The van der Waals surface area contributed by atoms with Crippen LogP contribution < -0.4 is 14.2 Å². The number of hydrogen-bond donors (Lipinski definition) is 1. The zero-order valence-corrected chi connectivity index (χ0v) is 18.3. The second-order valence-corrected chi connectivity index (χ2v) is 7.79. The number of aryl methyl sites for hydroxylation is 2. The first-order valence-electron chi connectivity index (χ1n) is 10.5. The second kappa shape index (κ2) is 10.4. The van der Waals surface area contributed by atoms with Crippen LogP contribution in [0.2, 0.25) is 5.02 Å². The fraction of sp³-hybridized carbons (Fsp3) is 0.348. The number of ether oxygens (including phenoxy) is 3. The number of nitrogens with zero attached hydrogens (tertiary/aromatic N) is 3. The van der Waals surface area contributed by atoms with Gasteiger partial charge in [-0.05, 0) is 49.9 Å². The van der Waals surface area contributed by atoms with E-state index in [-0.39, 0.29) is 0 Å². The fourth-order valence-corrected chi connectivity index (χ4v) is 3.67. The molecule has 0 unspecified atom stereocenters. The van der Waals surface area contributed by atoms with Crippen LogP contribution in [0.5, 0.6) is 17.2 Å². The van der Waals surface area contributed by atoms with Gasteiger partial charge in [-0.2, -0.15) is 10.2 Å². The minimum atomic E-state index is -1.05. The van der Waals surface area contributed by atoms with Crippen molar-refractivity contribution in [2.75, 3.05) is 19.8 Å². The van der Waals surface area contributed by atoms with E-state index in [1.54, 1.807) is 16.9 Å². The third kappa shape index (κ3) is 5.50. The largest absolute Gasteiger partial charge is 0.492 e. The monoisotopic (exact) mass is 457 g/mol. The summed E-state index contributed by atoms with van der Waals surface area (Å²) < 4.78 is 16.8. The van der Waals surface area contributed by atoms with E-state index in [4.69, 9.17) is 30.9 Å². The number of carbonyl (C=O) groups is 1. The van der Waals surface area contributed by atoms with E-state index in [9.17, 15) is 4.79 Å². The summed E-state index contributed by atoms with van der Waals surface area (Å²) in [4.78, 5) is 12.3. The average Bonchev–Trinajstić information content (AvgIpc) is 3.23. The summed E-state index contributed by atoms with van der Waals surface area (Å²) in [5.41, 5.74) is 2.98. The molecule has 0 bridgehead atoms. The molecule has 4 rings (SSSR count). The van der Waals surface area contributed by atoms with Crippen LogP contribution in [0.15, 0.2) is 42.5 Å². The molecular weight excluding hydrogens is 434 g/mol. The van der Waals surface area contributed by atoms with Gasteiger partial charge in [0, 0.05) is 12.5 Å². The lowest BCUT2D eigenvalue weighted by atomic mass is 10.0. The highest BCUT2D eigenvalue weighted by molar-refractivity contribution is 6.32. The van der Waals surface area contributed by atoms with E-state index in [0.29, 0.717) is 36.2 Å². The number of aliphatic carboxylic acids is 1. The first-order valence-corrected chi connectivity index (χ1v) is 10.9. The molecule has 1 aromatic heterocycles. The lowest BCUT2D eigenvalue weighted by Crippen LogP contribution is -2.09. The molecule has 0 spiro atoms. The Morgan fingerprint density at radius 1 is 0.969 bits per heavy atom. The lowest BCUT2D eigenvalue weighted by molar-refractivity contribution is -0.139. The Bertz CT molecular complexity index is 1060. The molecule has 1 heterocycles. The van der Waals surface area contributed by atoms with Crippen molar-refractivity contribution >= 4 is 17.6 Å². The summed E-state index contributed by atoms with van der Waals surface area (Å²) in [5.74, 6) is 0.545. The lowest BCUT2D eigenvalue weighted by Gasteiger charge is -2.12. The molecule has 1 N–H and O–H groups in total. The summed E-state index contributed by atoms with van der Waals surface area (Å²) in [6, 6.07) is 12.5. The van der Waals surface area contributed by atoms with Gasteiger partial charge in [0.05, 0.1) is 29.6 Å². The number of rotatable bonds is 10. The predicted octanol–water partition coefficient (Wildman–Crippen LogP) is 4.11. The first kappa shape index (κ1) is 22.0. The summed E-state index contributed by atoms with van der Waals surface area (Å²) in [6.07, 6.45) is 4.92. The van der Waals surface area contributed by atoms with Gasteiger partial charge in [0.25, 0.3) is 0 Å². The molecule has 1 aliphatic carbocycles. The third-order valence-corrected chi connectivity index (χ3v) is 5.29. The van der Waals surface area contributed by atoms with Crippen molar-refractivity contribution in [2.45, 2.75) is 32.1 Å². The van der Waals surface area contributed by atoms with Gasteiger partial charge in [0.2, 0.25) is 0 Å². The number of hydrogen-bond acceptors (Lipinski definition) is 6. The molecule has 0 aliphatic heterocycles. The topological polar surface area (TPSA) is 95.7 Å². The fourth-order valence-electron chi connectivity index (χ4n) is 3.45. The zero-order chi connectivity index (χ0) is 22.3. The SMILES string of the molecule is O=C(O)COc1ccc(OCCCOc2ccccc2-n2nc3c(n2)CCCC3)c(Cl)c1. The Hall–Kier alpha value is -3.26. The van der Waals surface area contributed by atoms with Crippen LogP contribution in [-0.2, 0) is 17.6 Å². The quantitative estimate of drug-likeness (QED) is 0.457. The van der Waals surface area contributed by atoms with Crippen molar-refractivity contribution in [3.05, 3.63) is 58.9 Å². The number of benzene rings is 2. The van der Waals surface area contributed by atoms with E-state index >= 15 is 0 Å². The average molecular weight is 458 g/mol. The van der Waals surface area contributed by atoms with Gasteiger partial charge < -0.3 is 19.3 Å². The number of carboxylic acids is 1. The van der Waals surface area contributed by atoms with E-state index in [1.807, 2.05) is 24.3 Å². The van der Waals surface area contributed by atoms with Gasteiger partial charge in [0.1, 0.15) is 22.9 Å². The van der Waals surface area contributed by atoms with Crippen LogP contribution in [0.3, 0.4) is 0 Å². The highest BCUT2D eigenvalue weighted by Crippen LogP contribution is 2.29. The maximum Gasteiger partial charge on any atom is 0.341 e. The third-order valence-electron chi connectivity index (χ3n) is 4.99. The molecule has 0 saturated heterocycles. The first-order chi connectivity index (χ1) is 15.6. The Morgan fingerprint density at radius 2 is 1.66 bits per heavy atom. The predicted molar refractivity (Wildman–Crippen MR) is 118 cm³/mol. The van der Waals surface area contributed by atoms with Crippen molar-refractivity contribution in [2.24, 2.45) is 0 Å². The number of para-hydroxylation sites is 2. The van der Waals surface area contributed by atoms with Crippen molar-refractivity contribution in [3.8, 4) is 22.9 Å². The van der Waals surface area contributed by atoms with Crippen molar-refractivity contribution in [1.82, 2.24) is 15.0 Å². The van der Waals surface area contributed by atoms with Gasteiger partial charge in [0.15, 0.2) is 6.61 Å². The standard InChI is InChI=1S/C23H24ClN3O5/c24-17-14-16(32-15-23(28)29)10-11-21(17)30-12-5-13-31-22-9-4-3-8-20(22)27-25-18-6-1-2-7-19(18)26-27/h3-4,8-11,14H,1-2,5-7,12-13,15H2,(H,28,29). The zero-order valence-electron chi connectivity index (χ0n) is 17.5. The highest BCUT2D eigenvalue weighted by Gasteiger charge is 2.17. The Balaban J connectivity index is 1.28. The second-order valence-electron chi connectivity index (χ2n) is 7.38. The molecule has 3 aromatic rings. The molecule has 2 aromatic carbocycles. The van der Waals surface area contributed by atoms with E-state index in [0.717, 1.165) is 48.5 Å². The van der Waals surface area contributed by atoms with Crippen LogP contribution in [-0.4, -0.2) is 45.9 Å². The van der Waals surface area contributed by atoms with Crippen LogP contribution in [0.4, 0.5) is 0 Å². The molecule has 0 atom stereocenters. The Labute approximate surface area is 190 Å². The molecule has 9 heteroatoms. The van der Waals surface area contributed by atoms with Crippen molar-refractivity contribution in [1.29, 1.82) is 0 Å². The van der Waals surface area contributed by atoms with Gasteiger partial charge in [-0.3, -0.25) is 0 Å². The molecular formula is C23H24ClN3O5. The highest BCUT2D eigenvalue weighted by atomic mass is 35.5. The van der Waals surface area contributed by atoms with Crippen molar-refractivity contribution in [3.63, 3.8) is 0 Å². The van der Waals surface area contributed by atoms with Gasteiger partial charge in [-0.15, -0.1) is 4.80 Å². The maximum absolute atomic E-state index is 10.6. The minimum Gasteiger partial charge on any atom is -0.492 e. The molecule has 0 fully saturated rings. The van der Waals surface area contributed by atoms with Crippen LogP contribution in [0, 0.1) is 0 Å². The van der Waals surface area contributed by atoms with E-state index in [2.05, 4.69) is 10.2 Å². The van der Waals surface area contributed by atoms with Gasteiger partial charge >= 0.3 is 5.97 Å². The number of halogens is 1. The van der Waals surface area contributed by atoms with E-state index < -0.39 is 12.6 Å². The van der Waals surface area contributed by atoms with E-state index in [1.165, 1.54) is 6.07 Å². The van der Waals surface area contributed by atoms with Gasteiger partial charge in [-0.25, -0.2) is 4.79 Å². The molecule has 0 amide bonds. The molecule has 1 aliphatic rings. The number of carboxylic acid groups (broad SMARTS) is 1. The van der Waals surface area contributed by atoms with Gasteiger partial charge in [-0.1, -0.05) is 23.7 Å². The Morgan fingerprint density at radius 3 is 2.34 bits per heavy atom. The van der Waals surface area contributed by atoms with Crippen LogP contribution in [0.1, 0.15) is 30.7 Å². The van der Waals surface area contributed by atoms with Crippen molar-refractivity contribution < 1.29 is 24.1 Å². The van der Waals surface area contributed by atoms with Crippen LogP contribution >= 0.6 is 11.6 Å². The summed E-state index contributed by atoms with van der Waals surface area (Å²) in [7, 11) is 0.